The summed E-state index contributed by atoms with van der Waals surface area (Å²) in [4.78, 5) is 24.2. The van der Waals surface area contributed by atoms with Crippen LogP contribution < -0.4 is 5.32 Å². The number of aliphatic carboxylic acids is 1. The number of carbonyl (C=O) groups excluding carboxylic acids is 1. The molecule has 0 heterocycles. The first-order chi connectivity index (χ1) is 9.70. The fraction of sp³-hybridized carbons (Fsp3) is 0.875. The van der Waals surface area contributed by atoms with Gasteiger partial charge in [0.15, 0.2) is 0 Å². The van der Waals surface area contributed by atoms with Crippen molar-refractivity contribution in [2.24, 2.45) is 23.7 Å². The number of amides is 1. The third kappa shape index (κ3) is 2.40. The first kappa shape index (κ1) is 14.7. The molecule has 4 aliphatic rings. The van der Waals surface area contributed by atoms with Crippen molar-refractivity contribution >= 4 is 12.1 Å². The van der Waals surface area contributed by atoms with Gasteiger partial charge in [-0.05, 0) is 76.5 Å². The number of hydrogen-bond donors (Lipinski definition) is 2. The highest BCUT2D eigenvalue weighted by atomic mass is 16.6. The summed E-state index contributed by atoms with van der Waals surface area (Å²) in [5.41, 5.74) is -1.73. The third-order valence-electron chi connectivity index (χ3n) is 5.49. The molecule has 5 nitrogen and oxygen atoms in total. The molecule has 1 amide bonds. The van der Waals surface area contributed by atoms with Gasteiger partial charge in [-0.1, -0.05) is 0 Å². The maximum Gasteiger partial charge on any atom is 0.408 e. The lowest BCUT2D eigenvalue weighted by Crippen LogP contribution is -2.70. The minimum absolute atomic E-state index is 0.0544. The minimum Gasteiger partial charge on any atom is -0.479 e. The summed E-state index contributed by atoms with van der Waals surface area (Å²) in [5, 5.41) is 12.6. The molecule has 0 unspecified atom stereocenters. The molecule has 0 aromatic carbocycles. The predicted octanol–water partition coefficient (Wildman–Crippen LogP) is 2.79. The summed E-state index contributed by atoms with van der Waals surface area (Å²) in [5.74, 6) is 0.528. The maximum absolute atomic E-state index is 12.2. The smallest absolute Gasteiger partial charge is 0.408 e. The van der Waals surface area contributed by atoms with E-state index in [4.69, 9.17) is 4.74 Å². The molecular weight excluding hydrogens is 270 g/mol. The van der Waals surface area contributed by atoms with E-state index in [2.05, 4.69) is 5.32 Å². The van der Waals surface area contributed by atoms with Crippen molar-refractivity contribution in [3.63, 3.8) is 0 Å². The molecule has 4 rings (SSSR count). The van der Waals surface area contributed by atoms with Crippen LogP contribution in [0.3, 0.4) is 0 Å². The third-order valence-corrected chi connectivity index (χ3v) is 5.49. The van der Waals surface area contributed by atoms with Crippen molar-refractivity contribution in [2.75, 3.05) is 0 Å². The van der Waals surface area contributed by atoms with Gasteiger partial charge in [-0.25, -0.2) is 9.59 Å². The topological polar surface area (TPSA) is 75.6 Å². The monoisotopic (exact) mass is 295 g/mol. The highest BCUT2D eigenvalue weighted by Gasteiger charge is 2.62. The van der Waals surface area contributed by atoms with Gasteiger partial charge < -0.3 is 15.2 Å². The molecule has 0 aromatic heterocycles. The zero-order chi connectivity index (χ0) is 15.4. The van der Waals surface area contributed by atoms with E-state index in [-0.39, 0.29) is 11.8 Å². The average Bonchev–Trinajstić information content (AvgIpc) is 2.30. The summed E-state index contributed by atoms with van der Waals surface area (Å²) in [6.07, 6.45) is 4.35. The van der Waals surface area contributed by atoms with Crippen LogP contribution in [0.1, 0.15) is 52.9 Å². The Labute approximate surface area is 125 Å². The molecule has 4 fully saturated rings. The Kier molecular flexibility index (Phi) is 3.22. The van der Waals surface area contributed by atoms with Crippen molar-refractivity contribution in [3.8, 4) is 0 Å². The fourth-order valence-corrected chi connectivity index (χ4v) is 5.01. The Morgan fingerprint density at radius 1 is 1.05 bits per heavy atom. The van der Waals surface area contributed by atoms with E-state index < -0.39 is 23.2 Å². The van der Waals surface area contributed by atoms with Gasteiger partial charge in [-0.2, -0.15) is 0 Å². The molecule has 2 N–H and O–H groups in total. The zero-order valence-corrected chi connectivity index (χ0v) is 13.0. The normalized spacial score (nSPS) is 40.9. The van der Waals surface area contributed by atoms with Gasteiger partial charge in [0.25, 0.3) is 0 Å². The summed E-state index contributed by atoms with van der Waals surface area (Å²) < 4.78 is 5.31. The van der Waals surface area contributed by atoms with Crippen LogP contribution in [0.25, 0.3) is 0 Å². The first-order valence-electron chi connectivity index (χ1n) is 7.95. The van der Waals surface area contributed by atoms with Crippen LogP contribution in [0.15, 0.2) is 0 Å². The molecule has 4 aliphatic carbocycles. The van der Waals surface area contributed by atoms with E-state index in [1.165, 1.54) is 6.42 Å². The summed E-state index contributed by atoms with van der Waals surface area (Å²) in [7, 11) is 0. The number of carboxylic acids is 1. The van der Waals surface area contributed by atoms with Gasteiger partial charge in [-0.3, -0.25) is 0 Å². The molecule has 4 bridgehead atoms. The summed E-state index contributed by atoms with van der Waals surface area (Å²) in [6.45, 7) is 5.37. The molecule has 0 aliphatic heterocycles. The highest BCUT2D eigenvalue weighted by molar-refractivity contribution is 5.85. The van der Waals surface area contributed by atoms with E-state index in [1.807, 2.05) is 0 Å². The van der Waals surface area contributed by atoms with Crippen molar-refractivity contribution in [2.45, 2.75) is 64.0 Å². The van der Waals surface area contributed by atoms with E-state index in [9.17, 15) is 14.7 Å². The van der Waals surface area contributed by atoms with Gasteiger partial charge in [0.1, 0.15) is 11.1 Å². The van der Waals surface area contributed by atoms with Gasteiger partial charge in [0, 0.05) is 0 Å². The number of nitrogens with one attached hydrogen (secondary N) is 1. The van der Waals surface area contributed by atoms with Crippen LogP contribution >= 0.6 is 0 Å². The number of hydrogen-bond acceptors (Lipinski definition) is 3. The Bertz CT molecular complexity index is 437. The highest BCUT2D eigenvalue weighted by Crippen LogP contribution is 2.58. The molecule has 0 radical (unpaired) electrons. The quantitative estimate of drug-likeness (QED) is 0.821. The number of carboxylic acid groups (broad SMARTS) is 1. The van der Waals surface area contributed by atoms with Crippen molar-refractivity contribution in [1.29, 1.82) is 0 Å². The van der Waals surface area contributed by atoms with Gasteiger partial charge in [-0.15, -0.1) is 0 Å². The van der Waals surface area contributed by atoms with Gasteiger partial charge >= 0.3 is 12.1 Å². The SMILES string of the molecule is CC(C)(C)OC(=O)NC1(C(=O)O)C2CC3CC(C2)CC1C3. The lowest BCUT2D eigenvalue weighted by molar-refractivity contribution is -0.164. The predicted molar refractivity (Wildman–Crippen MR) is 76.8 cm³/mol. The molecule has 4 saturated carbocycles. The second kappa shape index (κ2) is 4.62. The van der Waals surface area contributed by atoms with E-state index >= 15 is 0 Å². The summed E-state index contributed by atoms with van der Waals surface area (Å²) in [6, 6.07) is 0. The van der Waals surface area contributed by atoms with Crippen molar-refractivity contribution < 1.29 is 19.4 Å². The molecular formula is C16H25NO4. The van der Waals surface area contributed by atoms with E-state index in [0.29, 0.717) is 11.8 Å². The zero-order valence-electron chi connectivity index (χ0n) is 13.0. The molecule has 0 saturated heterocycles. The van der Waals surface area contributed by atoms with Crippen LogP contribution in [0.5, 0.6) is 0 Å². The number of ether oxygens (including phenoxy) is 1. The minimum atomic E-state index is -1.12. The van der Waals surface area contributed by atoms with E-state index in [1.54, 1.807) is 20.8 Å². The summed E-state index contributed by atoms with van der Waals surface area (Å²) >= 11 is 0. The van der Waals surface area contributed by atoms with Crippen LogP contribution in [-0.4, -0.2) is 28.3 Å². The Hall–Kier alpha value is -1.26. The molecule has 0 aromatic rings. The lowest BCUT2D eigenvalue weighted by atomic mass is 9.48. The van der Waals surface area contributed by atoms with Crippen LogP contribution in [0, 0.1) is 23.7 Å². The van der Waals surface area contributed by atoms with Gasteiger partial charge in [0.05, 0.1) is 0 Å². The lowest BCUT2D eigenvalue weighted by Gasteiger charge is -2.58. The number of carbonyl (C=O) groups is 2. The van der Waals surface area contributed by atoms with Crippen molar-refractivity contribution in [1.82, 2.24) is 5.32 Å². The van der Waals surface area contributed by atoms with Crippen LogP contribution in [-0.2, 0) is 9.53 Å². The Morgan fingerprint density at radius 3 is 1.90 bits per heavy atom. The molecule has 21 heavy (non-hydrogen) atoms. The molecule has 0 spiro atoms. The standard InChI is InChI=1S/C16H25NO4/c1-15(2,3)21-14(20)17-16(13(18)19)11-5-9-4-10(7-11)8-12(16)6-9/h9-12H,4-8H2,1-3H3,(H,17,20)(H,18,19). The maximum atomic E-state index is 12.2. The van der Waals surface area contributed by atoms with Crippen molar-refractivity contribution in [3.05, 3.63) is 0 Å². The Balaban J connectivity index is 1.84. The average molecular weight is 295 g/mol. The number of rotatable bonds is 2. The fourth-order valence-electron chi connectivity index (χ4n) is 5.01. The van der Waals surface area contributed by atoms with Crippen LogP contribution in [0.2, 0.25) is 0 Å². The second-order valence-corrected chi connectivity index (χ2v) is 8.11. The van der Waals surface area contributed by atoms with E-state index in [0.717, 1.165) is 25.7 Å². The first-order valence-corrected chi connectivity index (χ1v) is 7.95. The second-order valence-electron chi connectivity index (χ2n) is 8.11. The molecule has 118 valence electrons. The Morgan fingerprint density at radius 2 is 1.52 bits per heavy atom. The number of alkyl carbamates (subject to hydrolysis) is 1. The molecule has 5 heteroatoms. The van der Waals surface area contributed by atoms with Crippen LogP contribution in [0.4, 0.5) is 4.79 Å². The van der Waals surface area contributed by atoms with Gasteiger partial charge in [0.2, 0.25) is 0 Å². The largest absolute Gasteiger partial charge is 0.479 e. The molecule has 0 atom stereocenters.